The number of hydrogen-bond acceptors (Lipinski definition) is 6. The number of benzene rings is 1. The van der Waals surface area contributed by atoms with Crippen molar-refractivity contribution in [2.24, 2.45) is 0 Å². The van der Waals surface area contributed by atoms with Crippen molar-refractivity contribution in [2.45, 2.75) is 83.1 Å². The quantitative estimate of drug-likeness (QED) is 0.487. The molecule has 8 nitrogen and oxygen atoms in total. The van der Waals surface area contributed by atoms with Crippen LogP contribution < -0.4 is 5.32 Å². The van der Waals surface area contributed by atoms with E-state index in [1.165, 1.54) is 6.33 Å². The molecule has 5 rings (SSSR count). The summed E-state index contributed by atoms with van der Waals surface area (Å²) in [5.41, 5.74) is 2.40. The largest absolute Gasteiger partial charge is 0.444 e. The predicted octanol–water partition coefficient (Wildman–Crippen LogP) is 5.36. The molecular formula is C26H31ClN4O4. The van der Waals surface area contributed by atoms with E-state index >= 15 is 0 Å². The van der Waals surface area contributed by atoms with Crippen molar-refractivity contribution in [2.75, 3.05) is 0 Å². The predicted molar refractivity (Wildman–Crippen MR) is 132 cm³/mol. The summed E-state index contributed by atoms with van der Waals surface area (Å²) in [6, 6.07) is 10.2. The molecule has 2 aromatic heterocycles. The molecule has 4 atom stereocenters. The molecule has 1 aliphatic carbocycles. The number of aromatic nitrogens is 3. The minimum absolute atomic E-state index is 0.0267. The average Bonchev–Trinajstić information content (AvgIpc) is 3.42. The average molecular weight is 499 g/mol. The monoisotopic (exact) mass is 498 g/mol. The third kappa shape index (κ3) is 4.87. The van der Waals surface area contributed by atoms with Crippen LogP contribution in [0.15, 0.2) is 42.9 Å². The van der Waals surface area contributed by atoms with Crippen molar-refractivity contribution < 1.29 is 19.0 Å². The second kappa shape index (κ2) is 8.76. The highest BCUT2D eigenvalue weighted by atomic mass is 35.5. The maximum Gasteiger partial charge on any atom is 0.407 e. The van der Waals surface area contributed by atoms with Gasteiger partial charge in [0.1, 0.15) is 28.8 Å². The van der Waals surface area contributed by atoms with Crippen LogP contribution in [0, 0.1) is 0 Å². The van der Waals surface area contributed by atoms with Crippen LogP contribution in [0.3, 0.4) is 0 Å². The molecule has 0 bridgehead atoms. The molecule has 0 spiro atoms. The molecule has 0 radical (unpaired) electrons. The van der Waals surface area contributed by atoms with Gasteiger partial charge >= 0.3 is 6.09 Å². The van der Waals surface area contributed by atoms with E-state index in [-0.39, 0.29) is 24.2 Å². The highest BCUT2D eigenvalue weighted by molar-refractivity contribution is 6.33. The number of nitrogens with zero attached hydrogens (tertiary/aromatic N) is 3. The Bertz CT molecular complexity index is 1250. The number of ether oxygens (including phenoxy) is 3. The SMILES string of the molecule is CC(C)(C)OC(=O)NCc1cccc([C@H]2C[C@@H](n3ccc4c(Cl)ncnc43)[C@@H]3OC(C)(C)O[C@@H]32)c1. The Morgan fingerprint density at radius 1 is 1.23 bits per heavy atom. The first-order chi connectivity index (χ1) is 16.5. The van der Waals surface area contributed by atoms with E-state index in [4.69, 9.17) is 25.8 Å². The van der Waals surface area contributed by atoms with Gasteiger partial charge in [-0.25, -0.2) is 14.8 Å². The van der Waals surface area contributed by atoms with Gasteiger partial charge in [-0.1, -0.05) is 35.9 Å². The van der Waals surface area contributed by atoms with Crippen LogP contribution in [0.1, 0.15) is 64.1 Å². The summed E-state index contributed by atoms with van der Waals surface area (Å²) in [6.07, 6.45) is 3.63. The lowest BCUT2D eigenvalue weighted by atomic mass is 9.93. The number of hydrogen-bond donors (Lipinski definition) is 1. The zero-order valence-corrected chi connectivity index (χ0v) is 21.4. The second-order valence-electron chi connectivity index (χ2n) is 10.7. The fourth-order valence-electron chi connectivity index (χ4n) is 5.18. The Balaban J connectivity index is 1.41. The summed E-state index contributed by atoms with van der Waals surface area (Å²) >= 11 is 6.30. The number of nitrogens with one attached hydrogen (secondary N) is 1. The number of amides is 1. The van der Waals surface area contributed by atoms with Gasteiger partial charge in [-0.2, -0.15) is 0 Å². The molecular weight excluding hydrogens is 468 g/mol. The molecule has 1 N–H and O–H groups in total. The number of fused-ring (bicyclic) bond motifs is 2. The van der Waals surface area contributed by atoms with E-state index in [0.717, 1.165) is 28.6 Å². The Kier molecular flexibility index (Phi) is 6.02. The van der Waals surface area contributed by atoms with Crippen LogP contribution >= 0.6 is 11.6 Å². The van der Waals surface area contributed by atoms with Crippen LogP contribution in [-0.4, -0.2) is 44.2 Å². The van der Waals surface area contributed by atoms with E-state index < -0.39 is 17.5 Å². The van der Waals surface area contributed by atoms with Gasteiger partial charge in [0.25, 0.3) is 0 Å². The zero-order valence-electron chi connectivity index (χ0n) is 20.6. The molecule has 186 valence electrons. The van der Waals surface area contributed by atoms with E-state index in [1.54, 1.807) is 0 Å². The fourth-order valence-corrected chi connectivity index (χ4v) is 5.37. The molecule has 1 saturated heterocycles. The molecule has 1 amide bonds. The van der Waals surface area contributed by atoms with Crippen molar-refractivity contribution in [3.05, 3.63) is 59.1 Å². The van der Waals surface area contributed by atoms with Crippen LogP contribution in [0.2, 0.25) is 5.15 Å². The Morgan fingerprint density at radius 3 is 2.77 bits per heavy atom. The Hall–Kier alpha value is -2.68. The lowest BCUT2D eigenvalue weighted by Crippen LogP contribution is -2.32. The molecule has 35 heavy (non-hydrogen) atoms. The lowest BCUT2D eigenvalue weighted by molar-refractivity contribution is -0.157. The molecule has 9 heteroatoms. The highest BCUT2D eigenvalue weighted by Gasteiger charge is 2.55. The van der Waals surface area contributed by atoms with Crippen LogP contribution in [-0.2, 0) is 20.8 Å². The first-order valence-corrected chi connectivity index (χ1v) is 12.3. The van der Waals surface area contributed by atoms with E-state index in [0.29, 0.717) is 11.7 Å². The fraction of sp³-hybridized carbons (Fsp3) is 0.500. The highest BCUT2D eigenvalue weighted by Crippen LogP contribution is 2.51. The van der Waals surface area contributed by atoms with Gasteiger partial charge in [-0.05, 0) is 58.2 Å². The zero-order chi connectivity index (χ0) is 25.0. The first kappa shape index (κ1) is 24.0. The van der Waals surface area contributed by atoms with E-state index in [9.17, 15) is 4.79 Å². The maximum absolute atomic E-state index is 12.1. The standard InChI is InChI=1S/C26H31ClN4O4/c1-25(2,3)35-24(32)28-13-15-7-6-8-16(11-15)18-12-19(21-20(18)33-26(4,5)34-21)31-10-9-17-22(27)29-14-30-23(17)31/h6-11,14,18-21H,12-13H2,1-5H3,(H,28,32)/t18-,19-,20-,21+/m1/s1. The van der Waals surface area contributed by atoms with Crippen molar-refractivity contribution in [1.82, 2.24) is 19.9 Å². The summed E-state index contributed by atoms with van der Waals surface area (Å²) in [6.45, 7) is 9.83. The molecule has 1 saturated carbocycles. The minimum Gasteiger partial charge on any atom is -0.444 e. The second-order valence-corrected chi connectivity index (χ2v) is 11.1. The van der Waals surface area contributed by atoms with Crippen molar-refractivity contribution in [3.8, 4) is 0 Å². The molecule has 3 aromatic rings. The summed E-state index contributed by atoms with van der Waals surface area (Å²) in [5, 5.41) is 4.10. The smallest absolute Gasteiger partial charge is 0.407 e. The van der Waals surface area contributed by atoms with Gasteiger partial charge in [0.15, 0.2) is 5.79 Å². The summed E-state index contributed by atoms with van der Waals surface area (Å²) in [4.78, 5) is 20.7. The Morgan fingerprint density at radius 2 is 2.00 bits per heavy atom. The van der Waals surface area contributed by atoms with Crippen LogP contribution in [0.5, 0.6) is 0 Å². The van der Waals surface area contributed by atoms with E-state index in [2.05, 4.69) is 32.0 Å². The summed E-state index contributed by atoms with van der Waals surface area (Å²) in [7, 11) is 0. The van der Waals surface area contributed by atoms with Gasteiger partial charge in [-0.15, -0.1) is 0 Å². The third-order valence-corrected chi connectivity index (χ3v) is 6.77. The number of halogens is 1. The van der Waals surface area contributed by atoms with Gasteiger partial charge in [0.05, 0.1) is 17.5 Å². The molecule has 1 aliphatic heterocycles. The van der Waals surface area contributed by atoms with Gasteiger partial charge in [0.2, 0.25) is 0 Å². The Labute approximate surface area is 209 Å². The van der Waals surface area contributed by atoms with Crippen LogP contribution in [0.25, 0.3) is 11.0 Å². The van der Waals surface area contributed by atoms with Gasteiger partial charge in [0, 0.05) is 18.7 Å². The third-order valence-electron chi connectivity index (χ3n) is 6.47. The number of rotatable bonds is 4. The summed E-state index contributed by atoms with van der Waals surface area (Å²) in [5.74, 6) is -0.569. The first-order valence-electron chi connectivity index (χ1n) is 11.9. The van der Waals surface area contributed by atoms with Crippen molar-refractivity contribution in [1.29, 1.82) is 0 Å². The molecule has 2 aliphatic rings. The van der Waals surface area contributed by atoms with Crippen molar-refractivity contribution >= 4 is 28.7 Å². The molecule has 1 aromatic carbocycles. The number of carbonyl (C=O) groups is 1. The normalized spacial score (nSPS) is 25.5. The number of alkyl carbamates (subject to hydrolysis) is 1. The maximum atomic E-state index is 12.1. The van der Waals surface area contributed by atoms with Gasteiger partial charge in [-0.3, -0.25) is 0 Å². The number of carbonyl (C=O) groups excluding carboxylic acids is 1. The molecule has 2 fully saturated rings. The van der Waals surface area contributed by atoms with Gasteiger partial charge < -0.3 is 24.1 Å². The van der Waals surface area contributed by atoms with Crippen molar-refractivity contribution in [3.63, 3.8) is 0 Å². The van der Waals surface area contributed by atoms with E-state index in [1.807, 2.05) is 59.0 Å². The molecule has 3 heterocycles. The minimum atomic E-state index is -0.683. The lowest BCUT2D eigenvalue weighted by Gasteiger charge is -2.25. The summed E-state index contributed by atoms with van der Waals surface area (Å²) < 4.78 is 20.3. The topological polar surface area (TPSA) is 87.5 Å². The van der Waals surface area contributed by atoms with Crippen LogP contribution in [0.4, 0.5) is 4.79 Å². The molecule has 0 unspecified atom stereocenters.